The van der Waals surface area contributed by atoms with Gasteiger partial charge in [-0.15, -0.1) is 0 Å². The molecule has 1 fully saturated rings. The Labute approximate surface area is 104 Å². The zero-order valence-corrected chi connectivity index (χ0v) is 11.8. The number of nitrogens with zero attached hydrogens (tertiary/aromatic N) is 1. The van der Waals surface area contributed by atoms with E-state index in [0.717, 1.165) is 26.1 Å². The summed E-state index contributed by atoms with van der Waals surface area (Å²) in [4.78, 5) is 2.25. The van der Waals surface area contributed by atoms with Crippen LogP contribution in [0.5, 0.6) is 0 Å². The molecule has 1 saturated heterocycles. The van der Waals surface area contributed by atoms with Crippen molar-refractivity contribution in [3.63, 3.8) is 0 Å². The molecule has 1 rings (SSSR count). The number of nitrogens with one attached hydrogen (secondary N) is 1. The van der Waals surface area contributed by atoms with Gasteiger partial charge in [-0.05, 0) is 26.9 Å². The fraction of sp³-hybridized carbons (Fsp3) is 1.00. The molecule has 6 heteroatoms. The summed E-state index contributed by atoms with van der Waals surface area (Å²) in [5.74, 6) is 0.258. The van der Waals surface area contributed by atoms with Crippen LogP contribution in [0.4, 0.5) is 0 Å². The molecule has 0 bridgehead atoms. The predicted octanol–water partition coefficient (Wildman–Crippen LogP) is -0.270. The summed E-state index contributed by atoms with van der Waals surface area (Å²) in [6, 6.07) is 0.236. The molecule has 0 saturated carbocycles. The normalized spacial score (nSPS) is 24.8. The third-order valence-electron chi connectivity index (χ3n) is 3.15. The van der Waals surface area contributed by atoms with Crippen LogP contribution in [0, 0.1) is 0 Å². The Kier molecular flexibility index (Phi) is 5.85. The highest BCUT2D eigenvalue weighted by atomic mass is 32.2. The number of rotatable bonds is 6. The average molecular weight is 264 g/mol. The van der Waals surface area contributed by atoms with Crippen LogP contribution in [0.15, 0.2) is 0 Å². The Hall–Kier alpha value is -0.170. The van der Waals surface area contributed by atoms with Gasteiger partial charge in [0.2, 0.25) is 0 Å². The first-order valence-corrected chi connectivity index (χ1v) is 8.13. The first-order valence-electron chi connectivity index (χ1n) is 6.07. The Bertz CT molecular complexity index is 319. The molecule has 0 aromatic rings. The summed E-state index contributed by atoms with van der Waals surface area (Å²) in [6.45, 7) is 2.63. The number of ether oxygens (including phenoxy) is 1. The highest BCUT2D eigenvalue weighted by Gasteiger charge is 2.25. The fourth-order valence-electron chi connectivity index (χ4n) is 2.14. The third kappa shape index (κ3) is 5.81. The van der Waals surface area contributed by atoms with E-state index in [9.17, 15) is 8.42 Å². The minimum absolute atomic E-state index is 0.165. The van der Waals surface area contributed by atoms with Gasteiger partial charge in [0.25, 0.3) is 0 Å². The molecule has 2 atom stereocenters. The molecule has 1 aliphatic heterocycles. The van der Waals surface area contributed by atoms with Crippen molar-refractivity contribution >= 4 is 9.84 Å². The molecule has 0 aliphatic carbocycles. The summed E-state index contributed by atoms with van der Waals surface area (Å²) >= 11 is 0. The van der Waals surface area contributed by atoms with Crippen LogP contribution in [-0.4, -0.2) is 71.3 Å². The first-order chi connectivity index (χ1) is 7.92. The first kappa shape index (κ1) is 14.9. The highest BCUT2D eigenvalue weighted by molar-refractivity contribution is 7.90. The van der Waals surface area contributed by atoms with E-state index in [4.69, 9.17) is 4.74 Å². The lowest BCUT2D eigenvalue weighted by atomic mass is 10.0. The summed E-state index contributed by atoms with van der Waals surface area (Å²) in [5.41, 5.74) is 0. The van der Waals surface area contributed by atoms with Gasteiger partial charge in [0, 0.05) is 31.1 Å². The van der Waals surface area contributed by atoms with E-state index in [1.165, 1.54) is 6.26 Å². The molecule has 0 radical (unpaired) electrons. The average Bonchev–Trinajstić information content (AvgIpc) is 2.23. The molecule has 0 aromatic heterocycles. The van der Waals surface area contributed by atoms with Gasteiger partial charge < -0.3 is 15.0 Å². The second kappa shape index (κ2) is 6.68. The SMILES string of the molecule is CNC(CCCS(C)(=O)=O)C1CN(C)CCO1. The van der Waals surface area contributed by atoms with E-state index in [2.05, 4.69) is 17.3 Å². The van der Waals surface area contributed by atoms with Gasteiger partial charge in [-0.2, -0.15) is 0 Å². The van der Waals surface area contributed by atoms with Gasteiger partial charge in [-0.25, -0.2) is 8.42 Å². The topological polar surface area (TPSA) is 58.6 Å². The van der Waals surface area contributed by atoms with E-state index in [1.54, 1.807) is 0 Å². The molecular weight excluding hydrogens is 240 g/mol. The maximum absolute atomic E-state index is 11.1. The molecule has 17 heavy (non-hydrogen) atoms. The lowest BCUT2D eigenvalue weighted by Crippen LogP contribution is -2.50. The number of morpholine rings is 1. The molecular formula is C11H24N2O3S. The second-order valence-corrected chi connectivity index (χ2v) is 7.10. The van der Waals surface area contributed by atoms with Gasteiger partial charge in [-0.3, -0.25) is 0 Å². The second-order valence-electron chi connectivity index (χ2n) is 4.84. The molecule has 1 aliphatic rings. The number of hydrogen-bond acceptors (Lipinski definition) is 5. The van der Waals surface area contributed by atoms with E-state index in [-0.39, 0.29) is 17.9 Å². The van der Waals surface area contributed by atoms with Crippen LogP contribution in [0.1, 0.15) is 12.8 Å². The zero-order chi connectivity index (χ0) is 12.9. The molecule has 0 aromatic carbocycles. The maximum atomic E-state index is 11.1. The molecule has 2 unspecified atom stereocenters. The minimum atomic E-state index is -2.85. The number of sulfone groups is 1. The molecule has 0 spiro atoms. The molecule has 1 N–H and O–H groups in total. The Morgan fingerprint density at radius 1 is 1.53 bits per heavy atom. The maximum Gasteiger partial charge on any atom is 0.147 e. The lowest BCUT2D eigenvalue weighted by molar-refractivity contribution is -0.0387. The van der Waals surface area contributed by atoms with Crippen LogP contribution >= 0.6 is 0 Å². The Morgan fingerprint density at radius 2 is 2.24 bits per heavy atom. The van der Waals surface area contributed by atoms with Crippen LogP contribution < -0.4 is 5.32 Å². The van der Waals surface area contributed by atoms with Crippen LogP contribution in [-0.2, 0) is 14.6 Å². The summed E-state index contributed by atoms with van der Waals surface area (Å²) in [5, 5.41) is 3.23. The van der Waals surface area contributed by atoms with Gasteiger partial charge in [0.1, 0.15) is 9.84 Å². The Morgan fingerprint density at radius 3 is 2.76 bits per heavy atom. The van der Waals surface area contributed by atoms with Gasteiger partial charge >= 0.3 is 0 Å². The number of likely N-dealkylation sites (N-methyl/N-ethyl adjacent to an activating group) is 2. The van der Waals surface area contributed by atoms with Crippen LogP contribution in [0.2, 0.25) is 0 Å². The van der Waals surface area contributed by atoms with E-state index < -0.39 is 9.84 Å². The monoisotopic (exact) mass is 264 g/mol. The van der Waals surface area contributed by atoms with Crippen molar-refractivity contribution in [3.8, 4) is 0 Å². The van der Waals surface area contributed by atoms with E-state index in [1.807, 2.05) is 7.05 Å². The van der Waals surface area contributed by atoms with Crippen molar-refractivity contribution in [2.75, 3.05) is 45.8 Å². The van der Waals surface area contributed by atoms with Crippen molar-refractivity contribution in [3.05, 3.63) is 0 Å². The predicted molar refractivity (Wildman–Crippen MR) is 69.0 cm³/mol. The van der Waals surface area contributed by atoms with Gasteiger partial charge in [-0.1, -0.05) is 0 Å². The minimum Gasteiger partial charge on any atom is -0.374 e. The summed E-state index contributed by atoms with van der Waals surface area (Å²) in [6.07, 6.45) is 2.97. The molecule has 0 amide bonds. The molecule has 1 heterocycles. The molecule has 5 nitrogen and oxygen atoms in total. The smallest absolute Gasteiger partial charge is 0.147 e. The summed E-state index contributed by atoms with van der Waals surface area (Å²) in [7, 11) is 1.14. The third-order valence-corrected chi connectivity index (χ3v) is 4.18. The fourth-order valence-corrected chi connectivity index (χ4v) is 2.83. The molecule has 102 valence electrons. The Balaban J connectivity index is 2.37. The number of hydrogen-bond donors (Lipinski definition) is 1. The van der Waals surface area contributed by atoms with Crippen molar-refractivity contribution < 1.29 is 13.2 Å². The van der Waals surface area contributed by atoms with E-state index in [0.29, 0.717) is 6.42 Å². The van der Waals surface area contributed by atoms with Crippen molar-refractivity contribution in [2.24, 2.45) is 0 Å². The van der Waals surface area contributed by atoms with Crippen molar-refractivity contribution in [1.82, 2.24) is 10.2 Å². The highest BCUT2D eigenvalue weighted by Crippen LogP contribution is 2.12. The quantitative estimate of drug-likeness (QED) is 0.716. The van der Waals surface area contributed by atoms with Gasteiger partial charge in [0.15, 0.2) is 0 Å². The lowest BCUT2D eigenvalue weighted by Gasteiger charge is -2.35. The van der Waals surface area contributed by atoms with Gasteiger partial charge in [0.05, 0.1) is 12.7 Å². The van der Waals surface area contributed by atoms with Crippen molar-refractivity contribution in [1.29, 1.82) is 0 Å². The van der Waals surface area contributed by atoms with Crippen molar-refractivity contribution in [2.45, 2.75) is 25.0 Å². The largest absolute Gasteiger partial charge is 0.374 e. The van der Waals surface area contributed by atoms with Crippen LogP contribution in [0.25, 0.3) is 0 Å². The standard InChI is InChI=1S/C11H24N2O3S/c1-12-10(5-4-8-17(3,14)15)11-9-13(2)6-7-16-11/h10-12H,4-9H2,1-3H3. The summed E-state index contributed by atoms with van der Waals surface area (Å²) < 4.78 is 27.9. The van der Waals surface area contributed by atoms with E-state index >= 15 is 0 Å². The zero-order valence-electron chi connectivity index (χ0n) is 11.0. The van der Waals surface area contributed by atoms with Crippen LogP contribution in [0.3, 0.4) is 0 Å².